The zero-order valence-corrected chi connectivity index (χ0v) is 13.9. The first kappa shape index (κ1) is 17.1. The van der Waals surface area contributed by atoms with E-state index in [2.05, 4.69) is 26.0 Å². The van der Waals surface area contributed by atoms with Gasteiger partial charge in [-0.15, -0.1) is 0 Å². The number of benzene rings is 1. The van der Waals surface area contributed by atoms with Crippen molar-refractivity contribution in [3.63, 3.8) is 0 Å². The van der Waals surface area contributed by atoms with Crippen LogP contribution in [0.15, 0.2) is 36.9 Å². The SMILES string of the molecule is O=C(CNC(=O)C1CCCN1)NCc1ccccc1Cn1cncn1. The predicted octanol–water partition coefficient (Wildman–Crippen LogP) is -0.189. The van der Waals surface area contributed by atoms with E-state index >= 15 is 0 Å². The summed E-state index contributed by atoms with van der Waals surface area (Å²) >= 11 is 0. The van der Waals surface area contributed by atoms with Crippen molar-refractivity contribution >= 4 is 11.8 Å². The highest BCUT2D eigenvalue weighted by atomic mass is 16.2. The fourth-order valence-corrected chi connectivity index (χ4v) is 2.83. The molecule has 8 nitrogen and oxygen atoms in total. The Labute approximate surface area is 146 Å². The van der Waals surface area contributed by atoms with E-state index in [1.165, 1.54) is 6.33 Å². The van der Waals surface area contributed by atoms with Crippen molar-refractivity contribution in [2.24, 2.45) is 0 Å². The maximum absolute atomic E-state index is 12.0. The van der Waals surface area contributed by atoms with Gasteiger partial charge in [-0.05, 0) is 30.5 Å². The van der Waals surface area contributed by atoms with Gasteiger partial charge in [-0.3, -0.25) is 9.59 Å². The lowest BCUT2D eigenvalue weighted by Gasteiger charge is -2.13. The van der Waals surface area contributed by atoms with Gasteiger partial charge in [-0.2, -0.15) is 5.10 Å². The van der Waals surface area contributed by atoms with E-state index in [-0.39, 0.29) is 24.4 Å². The van der Waals surface area contributed by atoms with Gasteiger partial charge in [-0.1, -0.05) is 24.3 Å². The molecule has 2 heterocycles. The summed E-state index contributed by atoms with van der Waals surface area (Å²) in [5, 5.41) is 12.7. The molecular formula is C17H22N6O2. The van der Waals surface area contributed by atoms with Gasteiger partial charge in [0.05, 0.1) is 19.1 Å². The number of amides is 2. The van der Waals surface area contributed by atoms with Gasteiger partial charge in [0.25, 0.3) is 0 Å². The molecule has 0 bridgehead atoms. The lowest BCUT2D eigenvalue weighted by atomic mass is 10.1. The van der Waals surface area contributed by atoms with Crippen molar-refractivity contribution < 1.29 is 9.59 Å². The summed E-state index contributed by atoms with van der Waals surface area (Å²) < 4.78 is 1.73. The number of nitrogens with one attached hydrogen (secondary N) is 3. The Hall–Kier alpha value is -2.74. The highest BCUT2D eigenvalue weighted by molar-refractivity contribution is 5.87. The number of carbonyl (C=O) groups is 2. The molecule has 8 heteroatoms. The molecular weight excluding hydrogens is 320 g/mol. The second-order valence-electron chi connectivity index (χ2n) is 6.01. The van der Waals surface area contributed by atoms with Crippen LogP contribution in [-0.2, 0) is 22.7 Å². The van der Waals surface area contributed by atoms with E-state index < -0.39 is 0 Å². The molecule has 0 aliphatic carbocycles. The Bertz CT molecular complexity index is 710. The van der Waals surface area contributed by atoms with E-state index in [1.54, 1.807) is 11.0 Å². The zero-order chi connectivity index (χ0) is 17.5. The average molecular weight is 342 g/mol. The van der Waals surface area contributed by atoms with Crippen LogP contribution in [0.1, 0.15) is 24.0 Å². The number of aromatic nitrogens is 3. The molecule has 0 saturated carbocycles. The topological polar surface area (TPSA) is 101 Å². The normalized spacial score (nSPS) is 16.6. The minimum atomic E-state index is -0.207. The summed E-state index contributed by atoms with van der Waals surface area (Å²) in [5.74, 6) is -0.318. The third-order valence-corrected chi connectivity index (χ3v) is 4.19. The average Bonchev–Trinajstić information content (AvgIpc) is 3.32. The van der Waals surface area contributed by atoms with Gasteiger partial charge in [0.15, 0.2) is 0 Å². The van der Waals surface area contributed by atoms with E-state index in [0.717, 1.165) is 30.5 Å². The van der Waals surface area contributed by atoms with Gasteiger partial charge >= 0.3 is 0 Å². The predicted molar refractivity (Wildman–Crippen MR) is 91.4 cm³/mol. The molecule has 1 unspecified atom stereocenters. The van der Waals surface area contributed by atoms with Crippen LogP contribution in [0.25, 0.3) is 0 Å². The number of hydrogen-bond donors (Lipinski definition) is 3. The van der Waals surface area contributed by atoms with Crippen LogP contribution in [-0.4, -0.2) is 45.7 Å². The second-order valence-corrected chi connectivity index (χ2v) is 6.01. The first-order valence-electron chi connectivity index (χ1n) is 8.39. The molecule has 1 atom stereocenters. The smallest absolute Gasteiger partial charge is 0.239 e. The number of rotatable bonds is 7. The summed E-state index contributed by atoms with van der Waals surface area (Å²) in [6.45, 7) is 1.84. The molecule has 1 aliphatic heterocycles. The van der Waals surface area contributed by atoms with Gasteiger partial charge in [0, 0.05) is 6.54 Å². The zero-order valence-electron chi connectivity index (χ0n) is 13.9. The van der Waals surface area contributed by atoms with Crippen LogP contribution < -0.4 is 16.0 Å². The molecule has 1 aliphatic rings. The van der Waals surface area contributed by atoms with Crippen molar-refractivity contribution in [2.75, 3.05) is 13.1 Å². The Morgan fingerprint density at radius 1 is 1.24 bits per heavy atom. The monoisotopic (exact) mass is 342 g/mol. The Morgan fingerprint density at radius 2 is 2.08 bits per heavy atom. The van der Waals surface area contributed by atoms with Crippen molar-refractivity contribution in [1.82, 2.24) is 30.7 Å². The maximum Gasteiger partial charge on any atom is 0.239 e. The molecule has 25 heavy (non-hydrogen) atoms. The molecule has 0 spiro atoms. The van der Waals surface area contributed by atoms with Crippen LogP contribution in [0, 0.1) is 0 Å². The maximum atomic E-state index is 12.0. The van der Waals surface area contributed by atoms with E-state index in [4.69, 9.17) is 0 Å². The molecule has 2 amide bonds. The number of hydrogen-bond acceptors (Lipinski definition) is 5. The van der Waals surface area contributed by atoms with Crippen molar-refractivity contribution in [2.45, 2.75) is 32.0 Å². The van der Waals surface area contributed by atoms with E-state index in [9.17, 15) is 9.59 Å². The highest BCUT2D eigenvalue weighted by Crippen LogP contribution is 2.10. The first-order chi connectivity index (χ1) is 12.2. The lowest BCUT2D eigenvalue weighted by molar-refractivity contribution is -0.127. The van der Waals surface area contributed by atoms with Crippen LogP contribution in [0.3, 0.4) is 0 Å². The van der Waals surface area contributed by atoms with Gasteiger partial charge in [-0.25, -0.2) is 9.67 Å². The molecule has 2 aromatic rings. The van der Waals surface area contributed by atoms with Crippen LogP contribution >= 0.6 is 0 Å². The fraction of sp³-hybridized carbons (Fsp3) is 0.412. The van der Waals surface area contributed by atoms with Crippen molar-refractivity contribution in [3.8, 4) is 0 Å². The number of nitrogens with zero attached hydrogens (tertiary/aromatic N) is 3. The van der Waals surface area contributed by atoms with E-state index in [0.29, 0.717) is 13.1 Å². The third kappa shape index (κ3) is 4.87. The van der Waals surface area contributed by atoms with E-state index in [1.807, 2.05) is 24.3 Å². The van der Waals surface area contributed by atoms with Crippen LogP contribution in [0.5, 0.6) is 0 Å². The van der Waals surface area contributed by atoms with Crippen LogP contribution in [0.4, 0.5) is 0 Å². The Kier molecular flexibility index (Phi) is 5.73. The first-order valence-corrected chi connectivity index (χ1v) is 8.39. The summed E-state index contributed by atoms with van der Waals surface area (Å²) in [6.07, 6.45) is 4.96. The van der Waals surface area contributed by atoms with Crippen LogP contribution in [0.2, 0.25) is 0 Å². The quantitative estimate of drug-likeness (QED) is 0.647. The Balaban J connectivity index is 1.47. The van der Waals surface area contributed by atoms with Gasteiger partial charge in [0.1, 0.15) is 12.7 Å². The van der Waals surface area contributed by atoms with Crippen molar-refractivity contribution in [3.05, 3.63) is 48.0 Å². The minimum absolute atomic E-state index is 0.0117. The molecule has 1 aromatic carbocycles. The molecule has 132 valence electrons. The molecule has 1 fully saturated rings. The fourth-order valence-electron chi connectivity index (χ4n) is 2.83. The number of carbonyl (C=O) groups excluding carboxylic acids is 2. The largest absolute Gasteiger partial charge is 0.350 e. The molecule has 1 saturated heterocycles. The van der Waals surface area contributed by atoms with Gasteiger partial charge in [0.2, 0.25) is 11.8 Å². The molecule has 3 rings (SSSR count). The summed E-state index contributed by atoms with van der Waals surface area (Å²) in [6, 6.07) is 7.67. The molecule has 1 aromatic heterocycles. The second kappa shape index (κ2) is 8.39. The summed E-state index contributed by atoms with van der Waals surface area (Å²) in [4.78, 5) is 27.8. The Morgan fingerprint density at radius 3 is 2.80 bits per heavy atom. The summed E-state index contributed by atoms with van der Waals surface area (Å²) in [5.41, 5.74) is 2.07. The molecule has 0 radical (unpaired) electrons. The third-order valence-electron chi connectivity index (χ3n) is 4.19. The summed E-state index contributed by atoms with van der Waals surface area (Å²) in [7, 11) is 0. The highest BCUT2D eigenvalue weighted by Gasteiger charge is 2.21. The van der Waals surface area contributed by atoms with Gasteiger partial charge < -0.3 is 16.0 Å². The minimum Gasteiger partial charge on any atom is -0.350 e. The van der Waals surface area contributed by atoms with Crippen molar-refractivity contribution in [1.29, 1.82) is 0 Å². The standard InChI is InChI=1S/C17H22N6O2/c24-16(9-21-17(25)15-6-3-7-19-15)20-8-13-4-1-2-5-14(13)10-23-12-18-11-22-23/h1-2,4-5,11-12,15,19H,3,6-10H2,(H,20,24)(H,21,25). The molecule has 3 N–H and O–H groups in total. The lowest BCUT2D eigenvalue weighted by Crippen LogP contribution is -2.44.